The Bertz CT molecular complexity index is 568. The van der Waals surface area contributed by atoms with Gasteiger partial charge in [0.2, 0.25) is 0 Å². The second-order valence-electron chi connectivity index (χ2n) is 7.53. The van der Waals surface area contributed by atoms with Gasteiger partial charge >= 0.3 is 0 Å². The first-order valence-corrected chi connectivity index (χ1v) is 10.5. The minimum absolute atomic E-state index is 0.625. The number of guanidine groups is 1. The summed E-state index contributed by atoms with van der Waals surface area (Å²) in [6, 6.07) is 0.841. The van der Waals surface area contributed by atoms with Gasteiger partial charge in [-0.15, -0.1) is 0 Å². The van der Waals surface area contributed by atoms with Crippen molar-refractivity contribution < 1.29 is 4.52 Å². The maximum Gasteiger partial charge on any atom is 0.191 e. The molecule has 1 aromatic rings. The van der Waals surface area contributed by atoms with E-state index >= 15 is 0 Å². The molecule has 6 nitrogen and oxygen atoms in total. The first kappa shape index (κ1) is 19.2. The van der Waals surface area contributed by atoms with Gasteiger partial charge in [0, 0.05) is 44.2 Å². The van der Waals surface area contributed by atoms with E-state index in [0.29, 0.717) is 6.54 Å². The molecule has 0 aliphatic heterocycles. The highest BCUT2D eigenvalue weighted by Crippen LogP contribution is 2.34. The summed E-state index contributed by atoms with van der Waals surface area (Å²) in [4.78, 5) is 7.46. The van der Waals surface area contributed by atoms with Crippen LogP contribution < -0.4 is 10.6 Å². The average Bonchev–Trinajstić information content (AvgIpc) is 3.56. The van der Waals surface area contributed by atoms with Crippen molar-refractivity contribution in [3.8, 4) is 0 Å². The quantitative estimate of drug-likeness (QED) is 0.469. The Hall–Kier alpha value is -1.56. The molecule has 0 radical (unpaired) electrons. The fraction of sp³-hybridized carbons (Fsp3) is 0.800. The topological polar surface area (TPSA) is 65.7 Å². The molecule has 146 valence electrons. The maximum atomic E-state index is 5.45. The third kappa shape index (κ3) is 5.47. The predicted octanol–water partition coefficient (Wildman–Crippen LogP) is 2.73. The summed E-state index contributed by atoms with van der Waals surface area (Å²) in [5.74, 6) is 2.82. The molecule has 0 unspecified atom stereocenters. The Labute approximate surface area is 157 Å². The third-order valence-corrected chi connectivity index (χ3v) is 5.29. The van der Waals surface area contributed by atoms with Gasteiger partial charge in [0.1, 0.15) is 5.76 Å². The summed E-state index contributed by atoms with van der Waals surface area (Å²) in [6.45, 7) is 11.2. The SMILES string of the molecule is CCNC(=NCc1c(CC)noc1CC)NCCN(CC1CC1)C1CC1. The minimum Gasteiger partial charge on any atom is -0.361 e. The average molecular weight is 362 g/mol. The second kappa shape index (κ2) is 9.40. The zero-order chi connectivity index (χ0) is 18.4. The van der Waals surface area contributed by atoms with E-state index in [1.807, 2.05) is 0 Å². The van der Waals surface area contributed by atoms with Crippen LogP contribution in [0.1, 0.15) is 63.5 Å². The lowest BCUT2D eigenvalue weighted by Crippen LogP contribution is -2.42. The van der Waals surface area contributed by atoms with Gasteiger partial charge in [0.15, 0.2) is 5.96 Å². The predicted molar refractivity (Wildman–Crippen MR) is 105 cm³/mol. The molecule has 2 N–H and O–H groups in total. The van der Waals surface area contributed by atoms with E-state index < -0.39 is 0 Å². The van der Waals surface area contributed by atoms with E-state index in [1.165, 1.54) is 32.2 Å². The van der Waals surface area contributed by atoms with Crippen molar-refractivity contribution >= 4 is 5.96 Å². The molecule has 0 saturated heterocycles. The Kier molecular flexibility index (Phi) is 6.94. The van der Waals surface area contributed by atoms with Gasteiger partial charge in [-0.3, -0.25) is 4.90 Å². The Morgan fingerprint density at radius 1 is 1.15 bits per heavy atom. The van der Waals surface area contributed by atoms with Gasteiger partial charge in [-0.25, -0.2) is 4.99 Å². The summed E-state index contributed by atoms with van der Waals surface area (Å²) in [5, 5.41) is 11.1. The number of aryl methyl sites for hydroxylation is 2. The molecular weight excluding hydrogens is 326 g/mol. The van der Waals surface area contributed by atoms with Crippen molar-refractivity contribution in [2.24, 2.45) is 10.9 Å². The molecule has 0 aromatic carbocycles. The summed E-state index contributed by atoms with van der Waals surface area (Å²) in [6.07, 6.45) is 7.37. The summed E-state index contributed by atoms with van der Waals surface area (Å²) in [5.41, 5.74) is 2.19. The van der Waals surface area contributed by atoms with Crippen molar-refractivity contribution in [3.05, 3.63) is 17.0 Å². The van der Waals surface area contributed by atoms with Crippen molar-refractivity contribution in [1.29, 1.82) is 0 Å². The fourth-order valence-corrected chi connectivity index (χ4v) is 3.43. The van der Waals surface area contributed by atoms with Gasteiger partial charge in [-0.1, -0.05) is 19.0 Å². The van der Waals surface area contributed by atoms with E-state index in [2.05, 4.69) is 41.5 Å². The zero-order valence-corrected chi connectivity index (χ0v) is 16.7. The van der Waals surface area contributed by atoms with Crippen molar-refractivity contribution in [2.45, 2.75) is 71.9 Å². The van der Waals surface area contributed by atoms with Gasteiger partial charge in [-0.05, 0) is 44.9 Å². The lowest BCUT2D eigenvalue weighted by atomic mass is 10.1. The fourth-order valence-electron chi connectivity index (χ4n) is 3.43. The van der Waals surface area contributed by atoms with Crippen LogP contribution in [0.25, 0.3) is 0 Å². The van der Waals surface area contributed by atoms with Gasteiger partial charge in [0.25, 0.3) is 0 Å². The standard InChI is InChI=1S/C20H35N5O/c1-4-18-17(19(5-2)26-24-18)13-23-20(21-6-3)22-11-12-25(16-9-10-16)14-15-7-8-15/h15-16H,4-14H2,1-3H3,(H2,21,22,23). The van der Waals surface area contributed by atoms with Crippen LogP contribution in [0.2, 0.25) is 0 Å². The monoisotopic (exact) mass is 361 g/mol. The molecule has 0 amide bonds. The largest absolute Gasteiger partial charge is 0.361 e. The van der Waals surface area contributed by atoms with Gasteiger partial charge in [0.05, 0.1) is 12.2 Å². The first-order valence-electron chi connectivity index (χ1n) is 10.5. The number of nitrogens with zero attached hydrogens (tertiary/aromatic N) is 3. The van der Waals surface area contributed by atoms with E-state index in [1.54, 1.807) is 0 Å². The number of hydrogen-bond acceptors (Lipinski definition) is 4. The van der Waals surface area contributed by atoms with Crippen molar-refractivity contribution in [3.63, 3.8) is 0 Å². The van der Waals surface area contributed by atoms with Crippen molar-refractivity contribution in [2.75, 3.05) is 26.2 Å². The molecule has 2 aliphatic carbocycles. The van der Waals surface area contributed by atoms with E-state index in [9.17, 15) is 0 Å². The molecule has 0 atom stereocenters. The van der Waals surface area contributed by atoms with E-state index in [0.717, 1.165) is 67.4 Å². The second-order valence-corrected chi connectivity index (χ2v) is 7.53. The Morgan fingerprint density at radius 3 is 2.58 bits per heavy atom. The van der Waals surface area contributed by atoms with Crippen LogP contribution in [0.5, 0.6) is 0 Å². The summed E-state index contributed by atoms with van der Waals surface area (Å²) in [7, 11) is 0. The normalized spacial score (nSPS) is 17.8. The zero-order valence-electron chi connectivity index (χ0n) is 16.7. The number of aliphatic imine (C=N–C) groups is 1. The first-order chi connectivity index (χ1) is 12.7. The molecular formula is C20H35N5O. The molecule has 2 aliphatic rings. The molecule has 2 fully saturated rings. The molecule has 1 heterocycles. The third-order valence-electron chi connectivity index (χ3n) is 5.29. The molecule has 3 rings (SSSR count). The maximum absolute atomic E-state index is 5.45. The van der Waals surface area contributed by atoms with Crippen LogP contribution >= 0.6 is 0 Å². The lowest BCUT2D eigenvalue weighted by Gasteiger charge is -2.22. The van der Waals surface area contributed by atoms with Crippen LogP contribution in [-0.4, -0.2) is 48.2 Å². The van der Waals surface area contributed by atoms with Gasteiger partial charge < -0.3 is 15.2 Å². The molecule has 1 aromatic heterocycles. The Morgan fingerprint density at radius 2 is 1.96 bits per heavy atom. The van der Waals surface area contributed by atoms with Crippen LogP contribution in [-0.2, 0) is 19.4 Å². The lowest BCUT2D eigenvalue weighted by molar-refractivity contribution is 0.256. The molecule has 0 bridgehead atoms. The van der Waals surface area contributed by atoms with Crippen LogP contribution in [0.4, 0.5) is 0 Å². The highest BCUT2D eigenvalue weighted by atomic mass is 16.5. The summed E-state index contributed by atoms with van der Waals surface area (Å²) >= 11 is 0. The van der Waals surface area contributed by atoms with Crippen LogP contribution in [0.15, 0.2) is 9.52 Å². The number of rotatable bonds is 11. The molecule has 26 heavy (non-hydrogen) atoms. The van der Waals surface area contributed by atoms with Crippen LogP contribution in [0.3, 0.4) is 0 Å². The number of nitrogens with one attached hydrogen (secondary N) is 2. The minimum atomic E-state index is 0.625. The molecule has 6 heteroatoms. The Balaban J connectivity index is 1.52. The van der Waals surface area contributed by atoms with Crippen molar-refractivity contribution in [1.82, 2.24) is 20.7 Å². The van der Waals surface area contributed by atoms with Crippen LogP contribution in [0, 0.1) is 5.92 Å². The smallest absolute Gasteiger partial charge is 0.191 e. The van der Waals surface area contributed by atoms with E-state index in [-0.39, 0.29) is 0 Å². The summed E-state index contributed by atoms with van der Waals surface area (Å²) < 4.78 is 5.45. The van der Waals surface area contributed by atoms with Gasteiger partial charge in [-0.2, -0.15) is 0 Å². The van der Waals surface area contributed by atoms with E-state index in [4.69, 9.17) is 9.52 Å². The highest BCUT2D eigenvalue weighted by Gasteiger charge is 2.33. The number of aromatic nitrogens is 1. The highest BCUT2D eigenvalue weighted by molar-refractivity contribution is 5.79. The molecule has 2 saturated carbocycles. The molecule has 0 spiro atoms. The number of hydrogen-bond donors (Lipinski definition) is 2.